The second kappa shape index (κ2) is 10.3. The van der Waals surface area contributed by atoms with Crippen molar-refractivity contribution >= 4 is 17.5 Å². The fourth-order valence-corrected chi connectivity index (χ4v) is 4.37. The predicted octanol–water partition coefficient (Wildman–Crippen LogP) is 3.57. The van der Waals surface area contributed by atoms with E-state index in [4.69, 9.17) is 11.6 Å². The van der Waals surface area contributed by atoms with Crippen molar-refractivity contribution in [1.82, 2.24) is 24.9 Å². The number of hydrogen-bond acceptors (Lipinski definition) is 4. The van der Waals surface area contributed by atoms with Crippen molar-refractivity contribution in [1.29, 1.82) is 0 Å². The van der Waals surface area contributed by atoms with E-state index >= 15 is 0 Å². The van der Waals surface area contributed by atoms with Gasteiger partial charge in [0.25, 0.3) is 5.91 Å². The summed E-state index contributed by atoms with van der Waals surface area (Å²) in [5.74, 6) is -0.198. The molecule has 1 amide bonds. The maximum atomic E-state index is 12.9. The van der Waals surface area contributed by atoms with Gasteiger partial charge in [0.1, 0.15) is 5.15 Å². The van der Waals surface area contributed by atoms with Crippen molar-refractivity contribution in [2.75, 3.05) is 33.2 Å². The summed E-state index contributed by atoms with van der Waals surface area (Å²) in [4.78, 5) is 17.7. The third kappa shape index (κ3) is 5.57. The van der Waals surface area contributed by atoms with Crippen LogP contribution in [0.15, 0.2) is 54.6 Å². The Labute approximate surface area is 194 Å². The van der Waals surface area contributed by atoms with Gasteiger partial charge in [0.15, 0.2) is 0 Å². The van der Waals surface area contributed by atoms with Gasteiger partial charge >= 0.3 is 0 Å². The molecule has 32 heavy (non-hydrogen) atoms. The van der Waals surface area contributed by atoms with Crippen molar-refractivity contribution in [2.24, 2.45) is 0 Å². The van der Waals surface area contributed by atoms with Gasteiger partial charge in [0.2, 0.25) is 0 Å². The molecule has 0 spiro atoms. The molecule has 1 saturated heterocycles. The number of carbonyl (C=O) groups excluding carboxylic acids is 1. The molecule has 0 aliphatic carbocycles. The minimum absolute atomic E-state index is 0.198. The molecule has 7 heteroatoms. The average molecular weight is 452 g/mol. The van der Waals surface area contributed by atoms with Crippen LogP contribution in [-0.4, -0.2) is 58.7 Å². The summed E-state index contributed by atoms with van der Waals surface area (Å²) in [5.41, 5.74) is 4.51. The van der Waals surface area contributed by atoms with Crippen LogP contribution in [0.2, 0.25) is 5.15 Å². The molecule has 0 saturated carbocycles. The number of benzene rings is 2. The van der Waals surface area contributed by atoms with E-state index < -0.39 is 0 Å². The van der Waals surface area contributed by atoms with Crippen LogP contribution in [0.25, 0.3) is 0 Å². The Kier molecular flexibility index (Phi) is 7.25. The van der Waals surface area contributed by atoms with Crippen LogP contribution in [0.4, 0.5) is 0 Å². The van der Waals surface area contributed by atoms with Crippen molar-refractivity contribution in [2.45, 2.75) is 26.6 Å². The van der Waals surface area contributed by atoms with Gasteiger partial charge in [-0.15, -0.1) is 0 Å². The molecule has 0 unspecified atom stereocenters. The largest absolute Gasteiger partial charge is 0.348 e. The Hall–Kier alpha value is -2.67. The predicted molar refractivity (Wildman–Crippen MR) is 128 cm³/mol. The molecule has 1 aromatic heterocycles. The number of likely N-dealkylation sites (N-methyl/N-ethyl adjacent to an activating group) is 1. The molecule has 6 nitrogen and oxygen atoms in total. The van der Waals surface area contributed by atoms with Gasteiger partial charge in [-0.05, 0) is 30.7 Å². The van der Waals surface area contributed by atoms with Crippen LogP contribution in [0, 0.1) is 6.92 Å². The zero-order valence-electron chi connectivity index (χ0n) is 18.7. The Morgan fingerprint density at radius 1 is 0.969 bits per heavy atom. The number of hydrogen-bond donors (Lipinski definition) is 1. The molecule has 0 bridgehead atoms. The first-order valence-electron chi connectivity index (χ1n) is 11.0. The van der Waals surface area contributed by atoms with E-state index in [1.165, 1.54) is 5.56 Å². The summed E-state index contributed by atoms with van der Waals surface area (Å²) in [6, 6.07) is 18.4. The van der Waals surface area contributed by atoms with E-state index in [-0.39, 0.29) is 5.91 Å². The number of aryl methyl sites for hydroxylation is 1. The number of aromatic nitrogens is 2. The van der Waals surface area contributed by atoms with Gasteiger partial charge in [-0.25, -0.2) is 4.68 Å². The quantitative estimate of drug-likeness (QED) is 0.596. The summed E-state index contributed by atoms with van der Waals surface area (Å²) in [7, 11) is 2.17. The highest BCUT2D eigenvalue weighted by Gasteiger charge is 2.20. The SMILES string of the molecule is Cc1nn(Cc2ccccc2)c(Cl)c1C(=O)NCc1cccc(CN2CCN(C)CC2)c1. The van der Waals surface area contributed by atoms with Gasteiger partial charge in [-0.3, -0.25) is 9.69 Å². The molecular formula is C25H30ClN5O. The van der Waals surface area contributed by atoms with E-state index in [1.807, 2.05) is 43.3 Å². The third-order valence-electron chi connectivity index (χ3n) is 5.91. The number of nitrogens with one attached hydrogen (secondary N) is 1. The molecule has 1 N–H and O–H groups in total. The average Bonchev–Trinajstić information content (AvgIpc) is 3.07. The standard InChI is InChI=1S/C25H30ClN5O/c1-19-23(24(26)31(28-19)18-20-7-4-3-5-8-20)25(32)27-16-21-9-6-10-22(15-21)17-30-13-11-29(2)12-14-30/h3-10,15H,11-14,16-18H2,1-2H3,(H,27,32). The van der Waals surface area contributed by atoms with E-state index in [2.05, 4.69) is 45.5 Å². The second-order valence-corrected chi connectivity index (χ2v) is 8.83. The van der Waals surface area contributed by atoms with Crippen molar-refractivity contribution in [3.05, 3.63) is 87.7 Å². The smallest absolute Gasteiger partial charge is 0.256 e. The lowest BCUT2D eigenvalue weighted by atomic mass is 10.1. The zero-order chi connectivity index (χ0) is 22.5. The number of carbonyl (C=O) groups is 1. The van der Waals surface area contributed by atoms with E-state index in [1.54, 1.807) is 4.68 Å². The van der Waals surface area contributed by atoms with Crippen LogP contribution in [0.3, 0.4) is 0 Å². The molecule has 3 aromatic rings. The first-order valence-corrected chi connectivity index (χ1v) is 11.4. The molecule has 1 fully saturated rings. The van der Waals surface area contributed by atoms with Crippen LogP contribution >= 0.6 is 11.6 Å². The second-order valence-electron chi connectivity index (χ2n) is 8.48. The highest BCUT2D eigenvalue weighted by molar-refractivity contribution is 6.33. The number of rotatable bonds is 7. The Balaban J connectivity index is 1.37. The monoisotopic (exact) mass is 451 g/mol. The summed E-state index contributed by atoms with van der Waals surface area (Å²) in [6.45, 7) is 8.12. The first-order chi connectivity index (χ1) is 15.5. The molecular weight excluding hydrogens is 422 g/mol. The molecule has 168 valence electrons. The third-order valence-corrected chi connectivity index (χ3v) is 6.30. The van der Waals surface area contributed by atoms with Crippen molar-refractivity contribution in [3.8, 4) is 0 Å². The molecule has 4 rings (SSSR count). The molecule has 1 aliphatic rings. The van der Waals surface area contributed by atoms with E-state index in [0.29, 0.717) is 29.5 Å². The van der Waals surface area contributed by atoms with Crippen LogP contribution in [0.5, 0.6) is 0 Å². The molecule has 1 aliphatic heterocycles. The summed E-state index contributed by atoms with van der Waals surface area (Å²) < 4.78 is 1.68. The van der Waals surface area contributed by atoms with Crippen molar-refractivity contribution in [3.63, 3.8) is 0 Å². The zero-order valence-corrected chi connectivity index (χ0v) is 19.5. The maximum absolute atomic E-state index is 12.9. The lowest BCUT2D eigenvalue weighted by Crippen LogP contribution is -2.43. The van der Waals surface area contributed by atoms with Gasteiger partial charge in [-0.2, -0.15) is 5.10 Å². The Morgan fingerprint density at radius 2 is 1.66 bits per heavy atom. The normalized spacial score (nSPS) is 15.1. The molecule has 2 aromatic carbocycles. The number of nitrogens with zero attached hydrogens (tertiary/aromatic N) is 4. The van der Waals surface area contributed by atoms with Crippen LogP contribution in [0.1, 0.15) is 32.7 Å². The summed E-state index contributed by atoms with van der Waals surface area (Å²) in [5, 5.41) is 7.86. The van der Waals surface area contributed by atoms with Gasteiger partial charge < -0.3 is 10.2 Å². The van der Waals surface area contributed by atoms with Crippen molar-refractivity contribution < 1.29 is 4.79 Å². The van der Waals surface area contributed by atoms with Gasteiger partial charge in [0, 0.05) is 39.3 Å². The van der Waals surface area contributed by atoms with Gasteiger partial charge in [-0.1, -0.05) is 66.2 Å². The minimum Gasteiger partial charge on any atom is -0.348 e. The number of halogens is 1. The van der Waals surface area contributed by atoms with E-state index in [0.717, 1.165) is 43.9 Å². The Morgan fingerprint density at radius 3 is 2.41 bits per heavy atom. The summed E-state index contributed by atoms with van der Waals surface area (Å²) >= 11 is 6.53. The van der Waals surface area contributed by atoms with E-state index in [9.17, 15) is 4.79 Å². The molecule has 0 atom stereocenters. The maximum Gasteiger partial charge on any atom is 0.256 e. The lowest BCUT2D eigenvalue weighted by molar-refractivity contribution is 0.0950. The Bertz CT molecular complexity index is 1060. The molecule has 2 heterocycles. The van der Waals surface area contributed by atoms with Crippen LogP contribution < -0.4 is 5.32 Å². The highest BCUT2D eigenvalue weighted by Crippen LogP contribution is 2.21. The highest BCUT2D eigenvalue weighted by atomic mass is 35.5. The fraction of sp³-hybridized carbons (Fsp3) is 0.360. The topological polar surface area (TPSA) is 53.4 Å². The number of amides is 1. The van der Waals surface area contributed by atoms with Gasteiger partial charge in [0.05, 0.1) is 17.8 Å². The lowest BCUT2D eigenvalue weighted by Gasteiger charge is -2.32. The van der Waals surface area contributed by atoms with Crippen LogP contribution in [-0.2, 0) is 19.6 Å². The minimum atomic E-state index is -0.198. The fourth-order valence-electron chi connectivity index (χ4n) is 4.05. The number of piperazine rings is 1. The first kappa shape index (κ1) is 22.5. The molecule has 0 radical (unpaired) electrons. The summed E-state index contributed by atoms with van der Waals surface area (Å²) in [6.07, 6.45) is 0.